The van der Waals surface area contributed by atoms with Gasteiger partial charge in [0.1, 0.15) is 5.82 Å². The first-order chi connectivity index (χ1) is 12.5. The van der Waals surface area contributed by atoms with Gasteiger partial charge in [-0.2, -0.15) is 4.98 Å². The van der Waals surface area contributed by atoms with E-state index in [9.17, 15) is 0 Å². The highest BCUT2D eigenvalue weighted by atomic mass is 35.5. The molecule has 0 saturated carbocycles. The van der Waals surface area contributed by atoms with Crippen molar-refractivity contribution >= 4 is 11.6 Å². The number of rotatable bonds is 3. The molecule has 0 spiro atoms. The monoisotopic (exact) mass is 365 g/mol. The first kappa shape index (κ1) is 16.5. The van der Waals surface area contributed by atoms with Crippen LogP contribution < -0.4 is 0 Å². The standard InChI is InChI=1S/C19H16ClN5O/c1-11-4-5-14(10-12(11)2)17-22-19(26-24-17)18-21-13(3)25(23-18)16-8-6-15(20)7-9-16/h4-10H,1-3H3. The van der Waals surface area contributed by atoms with Crippen LogP contribution in [0.5, 0.6) is 0 Å². The summed E-state index contributed by atoms with van der Waals surface area (Å²) in [5.74, 6) is 1.91. The minimum atomic E-state index is 0.286. The Morgan fingerprint density at radius 2 is 1.65 bits per heavy atom. The van der Waals surface area contributed by atoms with Crippen molar-refractivity contribution in [3.63, 3.8) is 0 Å². The molecule has 0 aliphatic carbocycles. The molecule has 2 aromatic heterocycles. The summed E-state index contributed by atoms with van der Waals surface area (Å²) in [4.78, 5) is 8.89. The minimum absolute atomic E-state index is 0.286. The fraction of sp³-hybridized carbons (Fsp3) is 0.158. The summed E-state index contributed by atoms with van der Waals surface area (Å²) in [6.07, 6.45) is 0. The molecule has 4 rings (SSSR count). The van der Waals surface area contributed by atoms with E-state index in [1.165, 1.54) is 11.1 Å². The van der Waals surface area contributed by atoms with Crippen LogP contribution in [0.15, 0.2) is 47.0 Å². The number of nitrogens with zero attached hydrogens (tertiary/aromatic N) is 5. The van der Waals surface area contributed by atoms with Crippen molar-refractivity contribution in [2.45, 2.75) is 20.8 Å². The predicted octanol–water partition coefficient (Wildman–Crippen LogP) is 4.56. The average molecular weight is 366 g/mol. The Morgan fingerprint density at radius 3 is 2.38 bits per heavy atom. The largest absolute Gasteiger partial charge is 0.330 e. The van der Waals surface area contributed by atoms with Gasteiger partial charge in [0, 0.05) is 10.6 Å². The number of hydrogen-bond acceptors (Lipinski definition) is 5. The van der Waals surface area contributed by atoms with Crippen LogP contribution in [0.25, 0.3) is 28.8 Å². The van der Waals surface area contributed by atoms with Gasteiger partial charge in [0.05, 0.1) is 5.69 Å². The Bertz CT molecular complexity index is 1080. The molecule has 6 nitrogen and oxygen atoms in total. The molecule has 0 aliphatic heterocycles. The summed E-state index contributed by atoms with van der Waals surface area (Å²) in [7, 11) is 0. The van der Waals surface area contributed by atoms with Crippen LogP contribution in [0.3, 0.4) is 0 Å². The molecule has 0 atom stereocenters. The second kappa shape index (κ2) is 6.38. The fourth-order valence-corrected chi connectivity index (χ4v) is 2.75. The van der Waals surface area contributed by atoms with Crippen molar-refractivity contribution in [3.8, 4) is 28.8 Å². The van der Waals surface area contributed by atoms with Crippen LogP contribution in [0.1, 0.15) is 17.0 Å². The SMILES string of the molecule is Cc1ccc(-c2noc(-c3nc(C)n(-c4ccc(Cl)cc4)n3)n2)cc1C. The smallest absolute Gasteiger partial charge is 0.297 e. The zero-order valence-electron chi connectivity index (χ0n) is 14.6. The highest BCUT2D eigenvalue weighted by molar-refractivity contribution is 6.30. The average Bonchev–Trinajstić information content (AvgIpc) is 3.25. The van der Waals surface area contributed by atoms with Crippen LogP contribution in [0.2, 0.25) is 5.02 Å². The van der Waals surface area contributed by atoms with Crippen molar-refractivity contribution in [2.75, 3.05) is 0 Å². The summed E-state index contributed by atoms with van der Waals surface area (Å²) >= 11 is 5.94. The van der Waals surface area contributed by atoms with E-state index in [4.69, 9.17) is 16.1 Å². The Morgan fingerprint density at radius 1 is 0.885 bits per heavy atom. The van der Waals surface area contributed by atoms with E-state index >= 15 is 0 Å². The molecule has 0 radical (unpaired) electrons. The molecule has 2 aromatic carbocycles. The van der Waals surface area contributed by atoms with Gasteiger partial charge in [-0.05, 0) is 62.2 Å². The van der Waals surface area contributed by atoms with E-state index in [1.54, 1.807) is 4.68 Å². The molecule has 0 fully saturated rings. The lowest BCUT2D eigenvalue weighted by atomic mass is 10.1. The molecular formula is C19H16ClN5O. The zero-order chi connectivity index (χ0) is 18.3. The number of aromatic nitrogens is 5. The van der Waals surface area contributed by atoms with E-state index in [1.807, 2.05) is 49.4 Å². The number of hydrogen-bond donors (Lipinski definition) is 0. The van der Waals surface area contributed by atoms with Gasteiger partial charge in [-0.15, -0.1) is 5.10 Å². The molecule has 4 aromatic rings. The molecule has 130 valence electrons. The second-order valence-corrected chi connectivity index (χ2v) is 6.53. The lowest BCUT2D eigenvalue weighted by molar-refractivity contribution is 0.429. The Kier molecular flexibility index (Phi) is 4.05. The quantitative estimate of drug-likeness (QED) is 0.532. The first-order valence-corrected chi connectivity index (χ1v) is 8.50. The van der Waals surface area contributed by atoms with Crippen LogP contribution >= 0.6 is 11.6 Å². The van der Waals surface area contributed by atoms with Crippen LogP contribution in [-0.4, -0.2) is 24.9 Å². The highest BCUT2D eigenvalue weighted by Gasteiger charge is 2.17. The normalized spacial score (nSPS) is 11.1. The lowest BCUT2D eigenvalue weighted by Crippen LogP contribution is -1.98. The molecule has 0 saturated heterocycles. The summed E-state index contributed by atoms with van der Waals surface area (Å²) in [5, 5.41) is 9.22. The van der Waals surface area contributed by atoms with Crippen LogP contribution in [0.4, 0.5) is 0 Å². The molecule has 26 heavy (non-hydrogen) atoms. The van der Waals surface area contributed by atoms with Crippen LogP contribution in [0, 0.1) is 20.8 Å². The lowest BCUT2D eigenvalue weighted by Gasteiger charge is -2.01. The molecule has 0 amide bonds. The van der Waals surface area contributed by atoms with E-state index in [0.29, 0.717) is 22.5 Å². The van der Waals surface area contributed by atoms with Gasteiger partial charge in [0.25, 0.3) is 5.89 Å². The van der Waals surface area contributed by atoms with Gasteiger partial charge in [-0.1, -0.05) is 28.9 Å². The molecule has 7 heteroatoms. The maximum Gasteiger partial charge on any atom is 0.297 e. The molecular weight excluding hydrogens is 350 g/mol. The van der Waals surface area contributed by atoms with E-state index in [2.05, 4.69) is 34.1 Å². The van der Waals surface area contributed by atoms with E-state index in [-0.39, 0.29) is 5.89 Å². The number of halogens is 1. The first-order valence-electron chi connectivity index (χ1n) is 8.12. The van der Waals surface area contributed by atoms with Crippen molar-refractivity contribution in [3.05, 3.63) is 64.4 Å². The molecule has 0 aliphatic rings. The van der Waals surface area contributed by atoms with E-state index in [0.717, 1.165) is 11.3 Å². The van der Waals surface area contributed by atoms with E-state index < -0.39 is 0 Å². The second-order valence-electron chi connectivity index (χ2n) is 6.09. The number of aryl methyl sites for hydroxylation is 3. The maximum atomic E-state index is 5.94. The van der Waals surface area contributed by atoms with Gasteiger partial charge < -0.3 is 4.52 Å². The summed E-state index contributed by atoms with van der Waals surface area (Å²) in [5.41, 5.74) is 4.16. The highest BCUT2D eigenvalue weighted by Crippen LogP contribution is 2.23. The fourth-order valence-electron chi connectivity index (χ4n) is 2.62. The third-order valence-electron chi connectivity index (χ3n) is 4.22. The molecule has 2 heterocycles. The maximum absolute atomic E-state index is 5.94. The van der Waals surface area contributed by atoms with Gasteiger partial charge in [-0.25, -0.2) is 9.67 Å². The summed E-state index contributed by atoms with van der Waals surface area (Å²) < 4.78 is 7.09. The van der Waals surface area contributed by atoms with Crippen molar-refractivity contribution < 1.29 is 4.52 Å². The Hall–Kier alpha value is -2.99. The topological polar surface area (TPSA) is 69.6 Å². The van der Waals surface area contributed by atoms with Crippen molar-refractivity contribution in [2.24, 2.45) is 0 Å². The summed E-state index contributed by atoms with van der Waals surface area (Å²) in [6.45, 7) is 5.99. The third-order valence-corrected chi connectivity index (χ3v) is 4.47. The molecule has 0 unspecified atom stereocenters. The van der Waals surface area contributed by atoms with Gasteiger partial charge in [-0.3, -0.25) is 0 Å². The van der Waals surface area contributed by atoms with Gasteiger partial charge in [0.2, 0.25) is 11.6 Å². The van der Waals surface area contributed by atoms with Gasteiger partial charge in [0.15, 0.2) is 0 Å². The Balaban J connectivity index is 1.69. The van der Waals surface area contributed by atoms with Crippen molar-refractivity contribution in [1.82, 2.24) is 24.9 Å². The predicted molar refractivity (Wildman–Crippen MR) is 99.3 cm³/mol. The summed E-state index contributed by atoms with van der Waals surface area (Å²) in [6, 6.07) is 13.4. The third kappa shape index (κ3) is 2.99. The Labute approximate surface area is 155 Å². The van der Waals surface area contributed by atoms with Gasteiger partial charge >= 0.3 is 0 Å². The molecule has 0 N–H and O–H groups in total. The minimum Gasteiger partial charge on any atom is -0.330 e. The van der Waals surface area contributed by atoms with Crippen LogP contribution in [-0.2, 0) is 0 Å². The van der Waals surface area contributed by atoms with Crippen molar-refractivity contribution in [1.29, 1.82) is 0 Å². The zero-order valence-corrected chi connectivity index (χ0v) is 15.3. The molecule has 0 bridgehead atoms. The number of benzene rings is 2.